The maximum atomic E-state index is 7.22. The highest BCUT2D eigenvalue weighted by molar-refractivity contribution is 6.09. The van der Waals surface area contributed by atoms with Crippen LogP contribution in [0.2, 0.25) is 0 Å². The molecule has 2 atom stereocenters. The van der Waals surface area contributed by atoms with Crippen molar-refractivity contribution >= 4 is 27.8 Å². The zero-order valence-electron chi connectivity index (χ0n) is 38.5. The fraction of sp³-hybridized carbons (Fsp3) is 0.305. The van der Waals surface area contributed by atoms with Gasteiger partial charge < -0.3 is 4.42 Å². The molecule has 0 spiro atoms. The van der Waals surface area contributed by atoms with Gasteiger partial charge >= 0.3 is 0 Å². The number of aryl methyl sites for hydroxylation is 2. The van der Waals surface area contributed by atoms with Crippen molar-refractivity contribution in [1.82, 2.24) is 4.98 Å². The van der Waals surface area contributed by atoms with Crippen LogP contribution in [-0.4, -0.2) is 4.98 Å². The number of benzene rings is 4. The second kappa shape index (κ2) is 15.9. The summed E-state index contributed by atoms with van der Waals surface area (Å²) in [6.45, 7) is 26.1. The molecule has 0 saturated heterocycles. The Morgan fingerprint density at radius 1 is 0.683 bits per heavy atom. The van der Waals surface area contributed by atoms with E-state index < -0.39 is 0 Å². The van der Waals surface area contributed by atoms with Gasteiger partial charge in [0.1, 0.15) is 5.92 Å². The van der Waals surface area contributed by atoms with Crippen molar-refractivity contribution in [2.75, 3.05) is 0 Å². The topological polar surface area (TPSA) is 33.8 Å². The standard InChI is InChI=1S/C59H61N3O/c1-34(2)42-26-27-43(40-18-12-11-13-19-40)54(37(7)8)57(42)49-29-28-47-46-25-23-41-24-30-51-55(45-21-15-14-20-44(45)50-22-16-17-31-61(50)51)39(10)62-33-48(53(35(3)4)36(5)6)38(9)32-52(62)56(41)58(46)63-59(47)60-49/h11-23,25-29,31-37,51,53,55H,10,24,30H2,1-9H3/q+2. The lowest BCUT2D eigenvalue weighted by Gasteiger charge is -2.30. The number of furan rings is 1. The summed E-state index contributed by atoms with van der Waals surface area (Å²) in [5.74, 6) is 2.02. The molecule has 4 aromatic heterocycles. The van der Waals surface area contributed by atoms with Crippen molar-refractivity contribution < 1.29 is 13.6 Å². The largest absolute Gasteiger partial charge is 0.437 e. The van der Waals surface area contributed by atoms with E-state index in [2.05, 4.69) is 199 Å². The molecule has 2 aliphatic heterocycles. The molecule has 0 saturated carbocycles. The molecular weight excluding hydrogens is 767 g/mol. The third-order valence-corrected chi connectivity index (χ3v) is 14.4. The highest BCUT2D eigenvalue weighted by Crippen LogP contribution is 2.48. The van der Waals surface area contributed by atoms with E-state index >= 15 is 0 Å². The number of allylic oxidation sites excluding steroid dienone is 1. The summed E-state index contributed by atoms with van der Waals surface area (Å²) in [5.41, 5.74) is 20.1. The van der Waals surface area contributed by atoms with Gasteiger partial charge in [-0.25, -0.2) is 4.98 Å². The van der Waals surface area contributed by atoms with Crippen molar-refractivity contribution in [1.29, 1.82) is 0 Å². The lowest BCUT2D eigenvalue weighted by atomic mass is 9.78. The van der Waals surface area contributed by atoms with E-state index in [4.69, 9.17) is 16.0 Å². The summed E-state index contributed by atoms with van der Waals surface area (Å²) in [6, 6.07) is 42.8. The number of fused-ring (bicyclic) bond motifs is 13. The second-order valence-corrected chi connectivity index (χ2v) is 19.6. The number of hydrogen-bond donors (Lipinski definition) is 0. The molecule has 4 aromatic carbocycles. The van der Waals surface area contributed by atoms with E-state index in [-0.39, 0.29) is 17.9 Å². The summed E-state index contributed by atoms with van der Waals surface area (Å²) in [7, 11) is 0. The maximum Gasteiger partial charge on any atom is 0.227 e. The van der Waals surface area contributed by atoms with Crippen LogP contribution in [0.3, 0.4) is 0 Å². The molecule has 2 unspecified atom stereocenters. The third-order valence-electron chi connectivity index (χ3n) is 14.4. The van der Waals surface area contributed by atoms with Gasteiger partial charge in [-0.15, -0.1) is 0 Å². The van der Waals surface area contributed by atoms with Crippen LogP contribution in [0.5, 0.6) is 0 Å². The van der Waals surface area contributed by atoms with Crippen LogP contribution >= 0.6 is 0 Å². The quantitative estimate of drug-likeness (QED) is 0.150. The fourth-order valence-electron chi connectivity index (χ4n) is 11.7. The van der Waals surface area contributed by atoms with Crippen LogP contribution in [0.15, 0.2) is 139 Å². The van der Waals surface area contributed by atoms with Gasteiger partial charge in [0.2, 0.25) is 17.1 Å². The monoisotopic (exact) mass is 827 g/mol. The van der Waals surface area contributed by atoms with E-state index in [0.717, 1.165) is 51.8 Å². The number of hydrogen-bond acceptors (Lipinski definition) is 2. The third kappa shape index (κ3) is 6.67. The lowest BCUT2D eigenvalue weighted by molar-refractivity contribution is -0.720. The zero-order chi connectivity index (χ0) is 43.8. The molecular formula is C59H61N3O+2. The molecule has 4 heteroatoms. The molecule has 0 aliphatic carbocycles. The summed E-state index contributed by atoms with van der Waals surface area (Å²) in [4.78, 5) is 5.49. The SMILES string of the molecule is C=C1C2c3ccccc3-c3cccc[n+]3C2CCc2ccc3c(oc4nc(-c5c(C(C)C)ccc(-c6ccccc6)c5C(C)C)ccc43)c2-c2cc(C)c(C(C(C)C)C(C)C)c[n+]21. The van der Waals surface area contributed by atoms with Gasteiger partial charge in [-0.05, 0) is 113 Å². The maximum absolute atomic E-state index is 7.22. The smallest absolute Gasteiger partial charge is 0.227 e. The molecule has 2 aliphatic rings. The average molecular weight is 828 g/mol. The number of nitrogens with zero attached hydrogens (tertiary/aromatic N) is 3. The van der Waals surface area contributed by atoms with Gasteiger partial charge in [0.05, 0.1) is 16.8 Å². The van der Waals surface area contributed by atoms with Crippen molar-refractivity contribution in [2.45, 2.75) is 105 Å². The van der Waals surface area contributed by atoms with Crippen LogP contribution in [0.4, 0.5) is 0 Å². The van der Waals surface area contributed by atoms with Gasteiger partial charge in [-0.2, -0.15) is 9.13 Å². The highest BCUT2D eigenvalue weighted by atomic mass is 16.3. The second-order valence-electron chi connectivity index (χ2n) is 19.6. The zero-order valence-corrected chi connectivity index (χ0v) is 38.5. The van der Waals surface area contributed by atoms with Gasteiger partial charge in [0.25, 0.3) is 0 Å². The first-order valence-electron chi connectivity index (χ1n) is 23.4. The van der Waals surface area contributed by atoms with Crippen LogP contribution in [0, 0.1) is 18.8 Å². The molecule has 4 nitrogen and oxygen atoms in total. The van der Waals surface area contributed by atoms with E-state index in [1.54, 1.807) is 0 Å². The van der Waals surface area contributed by atoms with Crippen molar-refractivity contribution in [3.05, 3.63) is 168 Å². The number of pyridine rings is 3. The molecule has 8 aromatic rings. The first kappa shape index (κ1) is 40.9. The molecule has 0 amide bonds. The van der Waals surface area contributed by atoms with Crippen molar-refractivity contribution in [3.8, 4) is 44.9 Å². The minimum atomic E-state index is 0.0682. The summed E-state index contributed by atoms with van der Waals surface area (Å²) >= 11 is 0. The van der Waals surface area contributed by atoms with Crippen LogP contribution in [0.1, 0.15) is 125 Å². The number of rotatable bonds is 7. The minimum absolute atomic E-state index is 0.0682. The Labute approximate surface area is 374 Å². The Bertz CT molecular complexity index is 3070. The van der Waals surface area contributed by atoms with E-state index in [1.807, 2.05) is 0 Å². The van der Waals surface area contributed by atoms with E-state index in [9.17, 15) is 0 Å². The molecule has 0 bridgehead atoms. The first-order chi connectivity index (χ1) is 30.4. The van der Waals surface area contributed by atoms with Crippen molar-refractivity contribution in [3.63, 3.8) is 0 Å². The molecule has 316 valence electrons. The molecule has 6 heterocycles. The minimum Gasteiger partial charge on any atom is -0.437 e. The molecule has 63 heavy (non-hydrogen) atoms. The average Bonchev–Trinajstić information content (AvgIpc) is 3.67. The molecule has 0 radical (unpaired) electrons. The lowest BCUT2D eigenvalue weighted by Crippen LogP contribution is -2.50. The normalized spacial score (nSPS) is 16.0. The molecule has 0 fully saturated rings. The predicted molar refractivity (Wildman–Crippen MR) is 261 cm³/mol. The fourth-order valence-corrected chi connectivity index (χ4v) is 11.7. The van der Waals surface area contributed by atoms with Crippen LogP contribution in [-0.2, 0) is 6.42 Å². The summed E-state index contributed by atoms with van der Waals surface area (Å²) in [5, 5.41) is 2.13. The highest BCUT2D eigenvalue weighted by Gasteiger charge is 2.47. The van der Waals surface area contributed by atoms with Crippen LogP contribution < -0.4 is 9.13 Å². The Morgan fingerprint density at radius 3 is 2.16 bits per heavy atom. The van der Waals surface area contributed by atoms with Gasteiger partial charge in [-0.1, -0.05) is 128 Å². The summed E-state index contributed by atoms with van der Waals surface area (Å²) in [6.07, 6.45) is 6.58. The Hall–Kier alpha value is -6.13. The van der Waals surface area contributed by atoms with Crippen LogP contribution in [0.25, 0.3) is 72.7 Å². The number of aromatic nitrogens is 3. The Balaban J connectivity index is 1.23. The summed E-state index contributed by atoms with van der Waals surface area (Å²) < 4.78 is 12.2. The van der Waals surface area contributed by atoms with E-state index in [0.29, 0.717) is 29.4 Å². The predicted octanol–water partition coefficient (Wildman–Crippen LogP) is 14.9. The van der Waals surface area contributed by atoms with Gasteiger partial charge in [-0.3, -0.25) is 0 Å². The van der Waals surface area contributed by atoms with E-state index in [1.165, 1.54) is 61.3 Å². The molecule has 10 rings (SSSR count). The Morgan fingerprint density at radius 2 is 1.41 bits per heavy atom. The molecule has 0 N–H and O–H groups in total. The van der Waals surface area contributed by atoms with Gasteiger partial charge in [0.15, 0.2) is 29.7 Å². The van der Waals surface area contributed by atoms with Crippen molar-refractivity contribution in [2.24, 2.45) is 11.8 Å². The Kier molecular flexibility index (Phi) is 10.3. The first-order valence-corrected chi connectivity index (χ1v) is 23.4. The van der Waals surface area contributed by atoms with Gasteiger partial charge in [0, 0.05) is 46.5 Å².